The van der Waals surface area contributed by atoms with Crippen LogP contribution in [0.25, 0.3) is 27.8 Å². The number of aromatic nitrogens is 3. The SMILES string of the molecule is O=c1nc2n(c3ccccc13)Cc1cn3ccccc3c1-2. The first-order valence-corrected chi connectivity index (χ1v) is 6.91. The molecule has 0 amide bonds. The van der Waals surface area contributed by atoms with Crippen molar-refractivity contribution in [1.29, 1.82) is 0 Å². The molecule has 4 heterocycles. The molecule has 0 saturated heterocycles. The Labute approximate surface area is 119 Å². The fraction of sp³-hybridized carbons (Fsp3) is 0.0588. The molecule has 1 aliphatic heterocycles. The van der Waals surface area contributed by atoms with Crippen molar-refractivity contribution < 1.29 is 0 Å². The van der Waals surface area contributed by atoms with E-state index in [1.54, 1.807) is 0 Å². The van der Waals surface area contributed by atoms with Gasteiger partial charge >= 0.3 is 0 Å². The highest BCUT2D eigenvalue weighted by Gasteiger charge is 2.25. The van der Waals surface area contributed by atoms with Crippen LogP contribution < -0.4 is 5.56 Å². The number of fused-ring (bicyclic) bond motifs is 7. The Morgan fingerprint density at radius 1 is 1.00 bits per heavy atom. The summed E-state index contributed by atoms with van der Waals surface area (Å²) in [6.07, 6.45) is 4.15. The summed E-state index contributed by atoms with van der Waals surface area (Å²) in [5.41, 5.74) is 4.20. The molecule has 5 rings (SSSR count). The molecule has 4 heteroatoms. The van der Waals surface area contributed by atoms with Gasteiger partial charge < -0.3 is 8.97 Å². The highest BCUT2D eigenvalue weighted by molar-refractivity contribution is 5.88. The van der Waals surface area contributed by atoms with Crippen LogP contribution >= 0.6 is 0 Å². The Morgan fingerprint density at radius 3 is 2.76 bits per heavy atom. The Balaban J connectivity index is 1.97. The Hall–Kier alpha value is -2.88. The molecule has 4 nitrogen and oxygen atoms in total. The molecule has 1 aliphatic rings. The molecule has 100 valence electrons. The van der Waals surface area contributed by atoms with E-state index in [0.717, 1.165) is 29.0 Å². The van der Waals surface area contributed by atoms with Gasteiger partial charge in [-0.3, -0.25) is 4.79 Å². The zero-order valence-corrected chi connectivity index (χ0v) is 11.2. The van der Waals surface area contributed by atoms with Gasteiger partial charge in [0.2, 0.25) is 0 Å². The summed E-state index contributed by atoms with van der Waals surface area (Å²) in [7, 11) is 0. The normalized spacial score (nSPS) is 12.8. The van der Waals surface area contributed by atoms with Crippen molar-refractivity contribution in [2.75, 3.05) is 0 Å². The smallest absolute Gasteiger partial charge is 0.281 e. The fourth-order valence-electron chi connectivity index (χ4n) is 3.30. The molecule has 0 aliphatic carbocycles. The summed E-state index contributed by atoms with van der Waals surface area (Å²) in [5.74, 6) is 0.780. The summed E-state index contributed by atoms with van der Waals surface area (Å²) in [4.78, 5) is 16.6. The third-order valence-corrected chi connectivity index (χ3v) is 4.20. The van der Waals surface area contributed by atoms with Gasteiger partial charge in [0.25, 0.3) is 5.56 Å². The van der Waals surface area contributed by atoms with Crippen molar-refractivity contribution in [2.45, 2.75) is 6.54 Å². The highest BCUT2D eigenvalue weighted by Crippen LogP contribution is 2.36. The third kappa shape index (κ3) is 1.29. The zero-order chi connectivity index (χ0) is 14.0. The van der Waals surface area contributed by atoms with Gasteiger partial charge in [0.15, 0.2) is 0 Å². The minimum absolute atomic E-state index is 0.153. The van der Waals surface area contributed by atoms with Crippen LogP contribution in [0, 0.1) is 0 Å². The Kier molecular flexibility index (Phi) is 1.86. The molecule has 0 bridgehead atoms. The minimum atomic E-state index is -0.153. The van der Waals surface area contributed by atoms with Crippen molar-refractivity contribution in [3.8, 4) is 11.4 Å². The number of benzene rings is 1. The molecule has 21 heavy (non-hydrogen) atoms. The van der Waals surface area contributed by atoms with Crippen molar-refractivity contribution >= 4 is 16.4 Å². The highest BCUT2D eigenvalue weighted by atomic mass is 16.1. The van der Waals surface area contributed by atoms with E-state index in [1.807, 2.05) is 42.6 Å². The van der Waals surface area contributed by atoms with E-state index in [9.17, 15) is 4.79 Å². The van der Waals surface area contributed by atoms with Crippen LogP contribution in [0.5, 0.6) is 0 Å². The number of nitrogens with zero attached hydrogens (tertiary/aromatic N) is 3. The van der Waals surface area contributed by atoms with Crippen LogP contribution in [0.4, 0.5) is 0 Å². The first kappa shape index (κ1) is 10.9. The second kappa shape index (κ2) is 3.61. The van der Waals surface area contributed by atoms with Crippen molar-refractivity contribution in [3.05, 3.63) is 70.8 Å². The van der Waals surface area contributed by atoms with E-state index in [-0.39, 0.29) is 5.56 Å². The van der Waals surface area contributed by atoms with E-state index in [2.05, 4.69) is 26.2 Å². The average molecular weight is 273 g/mol. The van der Waals surface area contributed by atoms with Gasteiger partial charge in [-0.05, 0) is 24.3 Å². The molecule has 0 saturated carbocycles. The van der Waals surface area contributed by atoms with Gasteiger partial charge in [-0.25, -0.2) is 0 Å². The van der Waals surface area contributed by atoms with Crippen LogP contribution in [-0.2, 0) is 6.54 Å². The maximum atomic E-state index is 12.3. The lowest BCUT2D eigenvalue weighted by molar-refractivity contribution is 0.847. The Morgan fingerprint density at radius 2 is 1.81 bits per heavy atom. The van der Waals surface area contributed by atoms with Crippen LogP contribution in [0.1, 0.15) is 5.56 Å². The second-order valence-corrected chi connectivity index (χ2v) is 5.37. The quantitative estimate of drug-likeness (QED) is 0.435. The van der Waals surface area contributed by atoms with Crippen LogP contribution in [0.2, 0.25) is 0 Å². The molecule has 0 unspecified atom stereocenters. The van der Waals surface area contributed by atoms with E-state index in [1.165, 1.54) is 5.56 Å². The predicted molar refractivity (Wildman–Crippen MR) is 81.5 cm³/mol. The van der Waals surface area contributed by atoms with E-state index in [0.29, 0.717) is 5.39 Å². The summed E-state index contributed by atoms with van der Waals surface area (Å²) in [6, 6.07) is 13.8. The summed E-state index contributed by atoms with van der Waals surface area (Å²) in [6.45, 7) is 0.764. The first-order valence-electron chi connectivity index (χ1n) is 6.91. The maximum Gasteiger partial charge on any atom is 0.281 e. The van der Waals surface area contributed by atoms with Gasteiger partial charge in [0.1, 0.15) is 5.82 Å². The number of hydrogen-bond acceptors (Lipinski definition) is 2. The fourth-order valence-corrected chi connectivity index (χ4v) is 3.30. The minimum Gasteiger partial charge on any atom is -0.323 e. The van der Waals surface area contributed by atoms with E-state index in [4.69, 9.17) is 0 Å². The van der Waals surface area contributed by atoms with Crippen LogP contribution in [-0.4, -0.2) is 14.0 Å². The predicted octanol–water partition coefficient (Wildman–Crippen LogP) is 2.68. The van der Waals surface area contributed by atoms with Gasteiger partial charge in [0.05, 0.1) is 23.0 Å². The topological polar surface area (TPSA) is 39.3 Å². The number of hydrogen-bond donors (Lipinski definition) is 0. The van der Waals surface area contributed by atoms with Gasteiger partial charge in [-0.15, -0.1) is 0 Å². The monoisotopic (exact) mass is 273 g/mol. The van der Waals surface area contributed by atoms with Crippen molar-refractivity contribution in [1.82, 2.24) is 14.0 Å². The summed E-state index contributed by atoms with van der Waals surface area (Å²) in [5, 5.41) is 0.684. The molecule has 0 atom stereocenters. The first-order chi connectivity index (χ1) is 10.3. The molecular weight excluding hydrogens is 262 g/mol. The average Bonchev–Trinajstić information content (AvgIpc) is 3.04. The molecule has 0 fully saturated rings. The third-order valence-electron chi connectivity index (χ3n) is 4.20. The molecule has 1 aromatic carbocycles. The number of pyridine rings is 1. The lowest BCUT2D eigenvalue weighted by Crippen LogP contribution is -2.13. The lowest BCUT2D eigenvalue weighted by Gasteiger charge is -2.08. The van der Waals surface area contributed by atoms with E-state index < -0.39 is 0 Å². The largest absolute Gasteiger partial charge is 0.323 e. The lowest BCUT2D eigenvalue weighted by atomic mass is 10.2. The summed E-state index contributed by atoms with van der Waals surface area (Å²) >= 11 is 0. The zero-order valence-electron chi connectivity index (χ0n) is 11.2. The van der Waals surface area contributed by atoms with Crippen LogP contribution in [0.3, 0.4) is 0 Å². The van der Waals surface area contributed by atoms with Gasteiger partial charge in [-0.2, -0.15) is 4.98 Å². The number of para-hydroxylation sites is 1. The molecule has 0 spiro atoms. The molecule has 3 aromatic heterocycles. The maximum absolute atomic E-state index is 12.3. The summed E-state index contributed by atoms with van der Waals surface area (Å²) < 4.78 is 4.23. The second-order valence-electron chi connectivity index (χ2n) is 5.37. The van der Waals surface area contributed by atoms with E-state index >= 15 is 0 Å². The van der Waals surface area contributed by atoms with Gasteiger partial charge in [0, 0.05) is 23.5 Å². The van der Waals surface area contributed by atoms with Crippen molar-refractivity contribution in [3.63, 3.8) is 0 Å². The number of rotatable bonds is 0. The molecular formula is C17H11N3O. The van der Waals surface area contributed by atoms with Gasteiger partial charge in [-0.1, -0.05) is 18.2 Å². The standard InChI is InChI=1S/C17H11N3O/c21-17-12-5-1-2-6-13(12)20-10-11-9-19-8-4-3-7-14(19)15(11)16(20)18-17/h1-9H,10H2. The molecule has 0 radical (unpaired) electrons. The van der Waals surface area contributed by atoms with Crippen molar-refractivity contribution in [2.24, 2.45) is 0 Å². The molecule has 4 aromatic rings. The Bertz CT molecular complexity index is 1090. The van der Waals surface area contributed by atoms with Crippen LogP contribution in [0.15, 0.2) is 59.7 Å². The molecule has 0 N–H and O–H groups in total.